The lowest BCUT2D eigenvalue weighted by molar-refractivity contribution is 0.613. The van der Waals surface area contributed by atoms with Gasteiger partial charge in [-0.25, -0.2) is 4.39 Å². The third-order valence-electron chi connectivity index (χ3n) is 2.62. The quantitative estimate of drug-likeness (QED) is 0.584. The molecule has 90 valence electrons. The van der Waals surface area contributed by atoms with Gasteiger partial charge in [0.1, 0.15) is 5.82 Å². The Kier molecular flexibility index (Phi) is 4.06. The van der Waals surface area contributed by atoms with Gasteiger partial charge in [-0.3, -0.25) is 0 Å². The van der Waals surface area contributed by atoms with Crippen LogP contribution < -0.4 is 0 Å². The van der Waals surface area contributed by atoms with Crippen molar-refractivity contribution in [2.45, 2.75) is 18.7 Å². The monoisotopic (exact) mass is 376 g/mol. The average molecular weight is 378 g/mol. The van der Waals surface area contributed by atoms with Gasteiger partial charge in [0.2, 0.25) is 0 Å². The van der Waals surface area contributed by atoms with E-state index in [1.54, 1.807) is 17.4 Å². The molecule has 1 aromatic heterocycles. The zero-order chi connectivity index (χ0) is 12.6. The summed E-state index contributed by atoms with van der Waals surface area (Å²) >= 11 is 8.72. The van der Waals surface area contributed by atoms with Crippen molar-refractivity contribution < 1.29 is 4.39 Å². The minimum Gasteiger partial charge on any atom is -0.207 e. The number of hydrogen-bond acceptors (Lipinski definition) is 1. The Hall–Kier alpha value is -0.190. The smallest absolute Gasteiger partial charge is 0.127 e. The first-order valence-electron chi connectivity index (χ1n) is 5.15. The maximum Gasteiger partial charge on any atom is 0.127 e. The minimum atomic E-state index is -0.167. The fourth-order valence-electron chi connectivity index (χ4n) is 1.74. The van der Waals surface area contributed by atoms with E-state index in [0.29, 0.717) is 5.56 Å². The molecule has 0 N–H and O–H groups in total. The number of halogens is 3. The van der Waals surface area contributed by atoms with Crippen molar-refractivity contribution in [1.82, 2.24) is 0 Å². The maximum absolute atomic E-state index is 13.8. The first kappa shape index (κ1) is 13.2. The van der Waals surface area contributed by atoms with E-state index < -0.39 is 0 Å². The van der Waals surface area contributed by atoms with E-state index in [1.165, 1.54) is 10.9 Å². The lowest BCUT2D eigenvalue weighted by Crippen LogP contribution is -1.97. The van der Waals surface area contributed by atoms with Crippen LogP contribution in [0.3, 0.4) is 0 Å². The van der Waals surface area contributed by atoms with Gasteiger partial charge in [-0.2, -0.15) is 0 Å². The molecule has 0 saturated heterocycles. The summed E-state index contributed by atoms with van der Waals surface area (Å²) in [5.74, 6) is -0.167. The van der Waals surface area contributed by atoms with Crippen molar-refractivity contribution >= 4 is 43.2 Å². The van der Waals surface area contributed by atoms with Gasteiger partial charge >= 0.3 is 0 Å². The van der Waals surface area contributed by atoms with E-state index in [1.807, 2.05) is 26.0 Å². The summed E-state index contributed by atoms with van der Waals surface area (Å²) in [7, 11) is 0. The van der Waals surface area contributed by atoms with Gasteiger partial charge < -0.3 is 0 Å². The standard InChI is InChI=1S/C13H11Br2FS/c1-7-3-4-11(16)10(5-7)13(15)9-6-12(14)17-8(9)2/h3-6,13H,1-2H3. The van der Waals surface area contributed by atoms with E-state index in [-0.39, 0.29) is 10.6 Å². The van der Waals surface area contributed by atoms with Crippen LogP contribution in [0.4, 0.5) is 4.39 Å². The maximum atomic E-state index is 13.8. The third kappa shape index (κ3) is 2.80. The molecule has 2 aromatic rings. The lowest BCUT2D eigenvalue weighted by atomic mass is 10.0. The lowest BCUT2D eigenvalue weighted by Gasteiger charge is -2.12. The summed E-state index contributed by atoms with van der Waals surface area (Å²) in [5, 5.41) is 0. The minimum absolute atomic E-state index is 0.0926. The van der Waals surface area contributed by atoms with Crippen LogP contribution >= 0.6 is 43.2 Å². The van der Waals surface area contributed by atoms with Crippen molar-refractivity contribution in [3.05, 3.63) is 55.4 Å². The van der Waals surface area contributed by atoms with Crippen LogP contribution in [-0.4, -0.2) is 0 Å². The number of aryl methyl sites for hydroxylation is 2. The second-order valence-electron chi connectivity index (χ2n) is 3.95. The zero-order valence-corrected chi connectivity index (χ0v) is 13.4. The highest BCUT2D eigenvalue weighted by Gasteiger charge is 2.18. The summed E-state index contributed by atoms with van der Waals surface area (Å²) in [5.41, 5.74) is 2.88. The fourth-order valence-corrected chi connectivity index (χ4v) is 4.46. The number of alkyl halides is 1. The number of benzene rings is 1. The molecule has 1 aromatic carbocycles. The largest absolute Gasteiger partial charge is 0.207 e. The third-order valence-corrected chi connectivity index (χ3v) is 5.18. The summed E-state index contributed by atoms with van der Waals surface area (Å²) < 4.78 is 14.9. The Labute approximate surface area is 121 Å². The summed E-state index contributed by atoms with van der Waals surface area (Å²) in [4.78, 5) is 1.10. The Balaban J connectivity index is 2.46. The van der Waals surface area contributed by atoms with Gasteiger partial charge in [-0.15, -0.1) is 11.3 Å². The Bertz CT molecular complexity index is 548. The van der Waals surface area contributed by atoms with E-state index in [9.17, 15) is 4.39 Å². The topological polar surface area (TPSA) is 0 Å². The predicted molar refractivity (Wildman–Crippen MR) is 78.7 cm³/mol. The normalized spacial score (nSPS) is 12.8. The van der Waals surface area contributed by atoms with Gasteiger partial charge in [0.25, 0.3) is 0 Å². The molecule has 4 heteroatoms. The second-order valence-corrected chi connectivity index (χ2v) is 7.50. The summed E-state index contributed by atoms with van der Waals surface area (Å²) in [6, 6.07) is 7.24. The molecule has 1 heterocycles. The first-order chi connectivity index (χ1) is 7.99. The number of rotatable bonds is 2. The van der Waals surface area contributed by atoms with Crippen molar-refractivity contribution in [1.29, 1.82) is 0 Å². The van der Waals surface area contributed by atoms with E-state index in [4.69, 9.17) is 0 Å². The van der Waals surface area contributed by atoms with Crippen LogP contribution in [0.5, 0.6) is 0 Å². The molecule has 0 aliphatic carbocycles. The molecule has 0 amide bonds. The highest BCUT2D eigenvalue weighted by atomic mass is 79.9. The first-order valence-corrected chi connectivity index (χ1v) is 7.67. The van der Waals surface area contributed by atoms with Crippen molar-refractivity contribution in [2.75, 3.05) is 0 Å². The number of hydrogen-bond donors (Lipinski definition) is 0. The summed E-state index contributed by atoms with van der Waals surface area (Å²) in [6.07, 6.45) is 0. The van der Waals surface area contributed by atoms with Crippen molar-refractivity contribution in [3.63, 3.8) is 0 Å². The van der Waals surface area contributed by atoms with Crippen LogP contribution in [0.1, 0.15) is 26.4 Å². The van der Waals surface area contributed by atoms with Crippen LogP contribution in [0, 0.1) is 19.7 Å². The van der Waals surface area contributed by atoms with E-state index in [0.717, 1.165) is 14.9 Å². The molecule has 0 bridgehead atoms. The van der Waals surface area contributed by atoms with E-state index >= 15 is 0 Å². The molecular weight excluding hydrogens is 367 g/mol. The molecule has 0 nitrogen and oxygen atoms in total. The molecule has 0 aliphatic heterocycles. The molecule has 1 atom stereocenters. The van der Waals surface area contributed by atoms with Gasteiger partial charge in [-0.1, -0.05) is 33.6 Å². The molecule has 0 aliphatic rings. The van der Waals surface area contributed by atoms with Gasteiger partial charge in [0.15, 0.2) is 0 Å². The van der Waals surface area contributed by atoms with Gasteiger partial charge in [0, 0.05) is 10.4 Å². The molecule has 2 rings (SSSR count). The molecule has 0 radical (unpaired) electrons. The molecular formula is C13H11Br2FS. The Morgan fingerprint density at radius 1 is 1.18 bits per heavy atom. The molecule has 17 heavy (non-hydrogen) atoms. The van der Waals surface area contributed by atoms with Crippen LogP contribution in [-0.2, 0) is 0 Å². The van der Waals surface area contributed by atoms with Crippen LogP contribution in [0.15, 0.2) is 28.1 Å². The fraction of sp³-hybridized carbons (Fsp3) is 0.231. The second kappa shape index (κ2) is 5.21. The predicted octanol–water partition coefficient (Wildman–Crippen LogP) is 5.75. The molecule has 0 fully saturated rings. The highest BCUT2D eigenvalue weighted by Crippen LogP contribution is 2.39. The summed E-state index contributed by atoms with van der Waals surface area (Å²) in [6.45, 7) is 4.02. The van der Waals surface area contributed by atoms with Crippen LogP contribution in [0.2, 0.25) is 0 Å². The Morgan fingerprint density at radius 3 is 2.47 bits per heavy atom. The van der Waals surface area contributed by atoms with Crippen molar-refractivity contribution in [2.24, 2.45) is 0 Å². The average Bonchev–Trinajstić information content (AvgIpc) is 2.60. The SMILES string of the molecule is Cc1ccc(F)c(C(Br)c2cc(Br)sc2C)c1. The van der Waals surface area contributed by atoms with Gasteiger partial charge in [-0.05, 0) is 47.5 Å². The number of thiophene rings is 1. The molecule has 0 saturated carbocycles. The van der Waals surface area contributed by atoms with Gasteiger partial charge in [0.05, 0.1) is 8.61 Å². The van der Waals surface area contributed by atoms with Crippen molar-refractivity contribution in [3.8, 4) is 0 Å². The Morgan fingerprint density at radius 2 is 1.88 bits per heavy atom. The zero-order valence-electron chi connectivity index (χ0n) is 9.43. The van der Waals surface area contributed by atoms with E-state index in [2.05, 4.69) is 31.9 Å². The van der Waals surface area contributed by atoms with Crippen LogP contribution in [0.25, 0.3) is 0 Å². The molecule has 0 spiro atoms. The highest BCUT2D eigenvalue weighted by molar-refractivity contribution is 9.11. The molecule has 1 unspecified atom stereocenters.